The van der Waals surface area contributed by atoms with E-state index in [9.17, 15) is 0 Å². The van der Waals surface area contributed by atoms with Crippen LogP contribution in [0.25, 0.3) is 0 Å². The molecule has 30 heavy (non-hydrogen) atoms. The highest BCUT2D eigenvalue weighted by molar-refractivity contribution is 14.0. The van der Waals surface area contributed by atoms with E-state index >= 15 is 0 Å². The van der Waals surface area contributed by atoms with Crippen LogP contribution in [0.3, 0.4) is 0 Å². The van der Waals surface area contributed by atoms with Gasteiger partial charge in [-0.25, -0.2) is 4.99 Å². The molecule has 3 rings (SSSR count). The first-order valence-corrected chi connectivity index (χ1v) is 11.0. The summed E-state index contributed by atoms with van der Waals surface area (Å²) in [7, 11) is 3.38. The van der Waals surface area contributed by atoms with Crippen molar-refractivity contribution in [3.05, 3.63) is 45.6 Å². The van der Waals surface area contributed by atoms with Crippen molar-refractivity contribution in [1.29, 1.82) is 0 Å². The molecule has 2 heterocycles. The lowest BCUT2D eigenvalue weighted by molar-refractivity contribution is 0.321. The Balaban J connectivity index is 0.00000320. The monoisotopic (exact) mass is 544 g/mol. The molecule has 1 aromatic carbocycles. The first-order valence-electron chi connectivity index (χ1n) is 10.1. The van der Waals surface area contributed by atoms with E-state index in [4.69, 9.17) is 14.5 Å². The van der Waals surface area contributed by atoms with Gasteiger partial charge in [-0.3, -0.25) is 4.90 Å². The molecule has 1 aliphatic rings. The van der Waals surface area contributed by atoms with Crippen molar-refractivity contribution in [2.75, 3.05) is 33.9 Å². The Hall–Kier alpha value is -1.52. The summed E-state index contributed by atoms with van der Waals surface area (Å²) in [5.74, 6) is 2.56. The van der Waals surface area contributed by atoms with Gasteiger partial charge in [0.25, 0.3) is 0 Å². The van der Waals surface area contributed by atoms with Crippen LogP contribution in [0, 0.1) is 6.92 Å². The zero-order chi connectivity index (χ0) is 20.6. The fourth-order valence-electron chi connectivity index (χ4n) is 3.54. The highest BCUT2D eigenvalue weighted by Crippen LogP contribution is 2.24. The number of benzene rings is 1. The quantitative estimate of drug-likeness (QED) is 0.299. The smallest absolute Gasteiger partial charge is 0.191 e. The molecule has 1 aliphatic heterocycles. The molecule has 1 unspecified atom stereocenters. The minimum Gasteiger partial charge on any atom is -0.497 e. The van der Waals surface area contributed by atoms with Gasteiger partial charge in [-0.2, -0.15) is 0 Å². The zero-order valence-electron chi connectivity index (χ0n) is 18.2. The molecule has 1 aromatic heterocycles. The van der Waals surface area contributed by atoms with E-state index < -0.39 is 0 Å². The van der Waals surface area contributed by atoms with Crippen LogP contribution < -0.4 is 20.1 Å². The summed E-state index contributed by atoms with van der Waals surface area (Å²) in [6.45, 7) is 8.75. The molecule has 1 fully saturated rings. The Bertz CT molecular complexity index is 805. The number of nitrogens with zero attached hydrogens (tertiary/aromatic N) is 2. The maximum Gasteiger partial charge on any atom is 0.191 e. The van der Waals surface area contributed by atoms with Crippen molar-refractivity contribution in [1.82, 2.24) is 15.5 Å². The summed E-state index contributed by atoms with van der Waals surface area (Å²) in [5, 5.41) is 9.12. The average Bonchev–Trinajstić information content (AvgIpc) is 3.34. The minimum absolute atomic E-state index is 0. The molecule has 0 radical (unpaired) electrons. The van der Waals surface area contributed by atoms with Crippen LogP contribution >= 0.6 is 35.3 Å². The highest BCUT2D eigenvalue weighted by atomic mass is 127. The molecule has 8 heteroatoms. The summed E-state index contributed by atoms with van der Waals surface area (Å²) in [4.78, 5) is 8.57. The molecule has 0 saturated carbocycles. The molecule has 166 valence electrons. The normalized spacial score (nSPS) is 16.8. The van der Waals surface area contributed by atoms with E-state index in [1.165, 1.54) is 16.0 Å². The number of methoxy groups -OCH3 is 2. The predicted molar refractivity (Wildman–Crippen MR) is 136 cm³/mol. The van der Waals surface area contributed by atoms with Crippen molar-refractivity contribution in [3.63, 3.8) is 0 Å². The number of hydrogen-bond acceptors (Lipinski definition) is 5. The predicted octanol–water partition coefficient (Wildman–Crippen LogP) is 4.02. The Kier molecular flexibility index (Phi) is 10.2. The van der Waals surface area contributed by atoms with Gasteiger partial charge in [-0.15, -0.1) is 35.3 Å². The summed E-state index contributed by atoms with van der Waals surface area (Å²) in [6, 6.07) is 8.62. The second-order valence-electron chi connectivity index (χ2n) is 7.31. The average molecular weight is 545 g/mol. The van der Waals surface area contributed by atoms with Gasteiger partial charge in [0.05, 0.1) is 20.8 Å². The molecule has 2 N–H and O–H groups in total. The second-order valence-corrected chi connectivity index (χ2v) is 8.31. The van der Waals surface area contributed by atoms with Gasteiger partial charge in [0.15, 0.2) is 5.96 Å². The number of rotatable bonds is 8. The fourth-order valence-corrected chi connectivity index (χ4v) is 4.37. The van der Waals surface area contributed by atoms with Crippen LogP contribution in [-0.4, -0.2) is 50.8 Å². The van der Waals surface area contributed by atoms with E-state index in [1.807, 2.05) is 6.07 Å². The Morgan fingerprint density at radius 1 is 1.23 bits per heavy atom. The molecular formula is C22H33IN4O2S. The van der Waals surface area contributed by atoms with Gasteiger partial charge in [0, 0.05) is 43.2 Å². The van der Waals surface area contributed by atoms with Gasteiger partial charge < -0.3 is 20.1 Å². The van der Waals surface area contributed by atoms with Crippen molar-refractivity contribution < 1.29 is 9.47 Å². The lowest BCUT2D eigenvalue weighted by atomic mass is 10.2. The Labute approximate surface area is 201 Å². The van der Waals surface area contributed by atoms with Crippen molar-refractivity contribution in [2.24, 2.45) is 4.99 Å². The van der Waals surface area contributed by atoms with E-state index in [1.54, 1.807) is 25.6 Å². The van der Waals surface area contributed by atoms with Crippen molar-refractivity contribution in [3.8, 4) is 11.5 Å². The number of hydrogen-bond donors (Lipinski definition) is 2. The Morgan fingerprint density at radius 2 is 1.97 bits per heavy atom. The van der Waals surface area contributed by atoms with Crippen LogP contribution in [0.4, 0.5) is 0 Å². The number of ether oxygens (including phenoxy) is 2. The third-order valence-corrected chi connectivity index (χ3v) is 6.13. The SMILES string of the molecule is CCNC(=NCc1sccc1C)NC1CCN(Cc2cc(OC)cc(OC)c2)C1.I. The number of nitrogens with one attached hydrogen (secondary N) is 2. The minimum atomic E-state index is 0. The molecule has 0 amide bonds. The number of aryl methyl sites for hydroxylation is 1. The number of likely N-dealkylation sites (tertiary alicyclic amines) is 1. The van der Waals surface area contributed by atoms with Crippen LogP contribution in [-0.2, 0) is 13.1 Å². The van der Waals surface area contributed by atoms with E-state index in [2.05, 4.69) is 53.0 Å². The maximum atomic E-state index is 5.39. The van der Waals surface area contributed by atoms with E-state index in [-0.39, 0.29) is 24.0 Å². The van der Waals surface area contributed by atoms with Gasteiger partial charge in [-0.1, -0.05) is 0 Å². The second kappa shape index (κ2) is 12.4. The number of aliphatic imine (C=N–C) groups is 1. The summed E-state index contributed by atoms with van der Waals surface area (Å²) >= 11 is 1.77. The summed E-state index contributed by atoms with van der Waals surface area (Å²) < 4.78 is 10.8. The maximum absolute atomic E-state index is 5.39. The van der Waals surface area contributed by atoms with Gasteiger partial charge >= 0.3 is 0 Å². The summed E-state index contributed by atoms with van der Waals surface area (Å²) in [5.41, 5.74) is 2.52. The lowest BCUT2D eigenvalue weighted by Gasteiger charge is -2.19. The van der Waals surface area contributed by atoms with Crippen LogP contribution in [0.15, 0.2) is 34.6 Å². The fraction of sp³-hybridized carbons (Fsp3) is 0.500. The zero-order valence-corrected chi connectivity index (χ0v) is 21.4. The molecular weight excluding hydrogens is 511 g/mol. The van der Waals surface area contributed by atoms with Crippen LogP contribution in [0.1, 0.15) is 29.3 Å². The Morgan fingerprint density at radius 3 is 2.57 bits per heavy atom. The molecule has 1 atom stereocenters. The van der Waals surface area contributed by atoms with Crippen LogP contribution in [0.2, 0.25) is 0 Å². The number of thiophene rings is 1. The van der Waals surface area contributed by atoms with Crippen molar-refractivity contribution >= 4 is 41.3 Å². The van der Waals surface area contributed by atoms with Gasteiger partial charge in [0.1, 0.15) is 11.5 Å². The van der Waals surface area contributed by atoms with E-state index in [0.29, 0.717) is 6.04 Å². The largest absolute Gasteiger partial charge is 0.497 e. The molecule has 2 aromatic rings. The molecule has 1 saturated heterocycles. The number of guanidine groups is 1. The van der Waals surface area contributed by atoms with Gasteiger partial charge in [-0.05, 0) is 55.0 Å². The van der Waals surface area contributed by atoms with Gasteiger partial charge in [0.2, 0.25) is 0 Å². The third-order valence-electron chi connectivity index (χ3n) is 5.12. The molecule has 6 nitrogen and oxygen atoms in total. The lowest BCUT2D eigenvalue weighted by Crippen LogP contribution is -2.44. The van der Waals surface area contributed by atoms with Crippen molar-refractivity contribution in [2.45, 2.75) is 39.4 Å². The first kappa shape index (κ1) is 24.7. The molecule has 0 aliphatic carbocycles. The molecule has 0 spiro atoms. The standard InChI is InChI=1S/C22H32N4O2S.HI/c1-5-23-22(24-13-21-16(2)7-9-29-21)25-18-6-8-26(15-18)14-17-10-19(27-3)12-20(11-17)28-4;/h7,9-12,18H,5-6,8,13-15H2,1-4H3,(H2,23,24,25);1H. The topological polar surface area (TPSA) is 58.1 Å². The molecule has 0 bridgehead atoms. The number of halogens is 1. The van der Waals surface area contributed by atoms with Crippen LogP contribution in [0.5, 0.6) is 11.5 Å². The highest BCUT2D eigenvalue weighted by Gasteiger charge is 2.23. The third kappa shape index (κ3) is 7.02. The van der Waals surface area contributed by atoms with E-state index in [0.717, 1.165) is 56.6 Å². The first-order chi connectivity index (χ1) is 14.1. The summed E-state index contributed by atoms with van der Waals surface area (Å²) in [6.07, 6.45) is 1.10.